The van der Waals surface area contributed by atoms with Gasteiger partial charge in [-0.05, 0) is 48.9 Å². The van der Waals surface area contributed by atoms with Crippen molar-refractivity contribution in [3.63, 3.8) is 0 Å². The lowest BCUT2D eigenvalue weighted by Crippen LogP contribution is -2.06. The number of rotatable bonds is 6. The van der Waals surface area contributed by atoms with Crippen LogP contribution in [0, 0.1) is 0 Å². The zero-order valence-corrected chi connectivity index (χ0v) is 17.4. The molecule has 0 saturated carbocycles. The summed E-state index contributed by atoms with van der Waals surface area (Å²) in [5.74, 6) is 1.89. The molecule has 154 valence electrons. The first-order chi connectivity index (χ1) is 13.3. The van der Waals surface area contributed by atoms with Gasteiger partial charge in [0.2, 0.25) is 0 Å². The van der Waals surface area contributed by atoms with Crippen LogP contribution in [0.3, 0.4) is 0 Å². The fraction of sp³-hybridized carbons (Fsp3) is 0.739. The smallest absolute Gasteiger partial charge is 0.188 e. The van der Waals surface area contributed by atoms with Gasteiger partial charge < -0.3 is 18.9 Å². The third-order valence-electron chi connectivity index (χ3n) is 5.30. The lowest BCUT2D eigenvalue weighted by atomic mass is 9.99. The average Bonchev–Trinajstić information content (AvgIpc) is 2.69. The van der Waals surface area contributed by atoms with Crippen molar-refractivity contribution >= 4 is 0 Å². The van der Waals surface area contributed by atoms with Crippen LogP contribution in [0.2, 0.25) is 0 Å². The zero-order valence-electron chi connectivity index (χ0n) is 17.4. The van der Waals surface area contributed by atoms with Gasteiger partial charge in [0, 0.05) is 14.2 Å². The predicted octanol–water partition coefficient (Wildman–Crippen LogP) is 6.04. The molecule has 0 atom stereocenters. The molecule has 1 aromatic rings. The van der Waals surface area contributed by atoms with Crippen molar-refractivity contribution in [3.05, 3.63) is 23.3 Å². The van der Waals surface area contributed by atoms with Crippen molar-refractivity contribution in [1.29, 1.82) is 0 Å². The standard InChI is InChI=1S/C23H38O4/c1-24-18-26-22-16-21-15-13-11-9-7-5-3-4-6-8-10-12-14-20(22)17-23(21)27-19-25-2/h16-17H,3-15,18-19H2,1-2H3. The molecule has 0 heterocycles. The van der Waals surface area contributed by atoms with E-state index >= 15 is 0 Å². The first-order valence-corrected chi connectivity index (χ1v) is 10.7. The summed E-state index contributed by atoms with van der Waals surface area (Å²) in [6, 6.07) is 4.33. The quantitative estimate of drug-likeness (QED) is 0.565. The number of benzene rings is 1. The van der Waals surface area contributed by atoms with Crippen molar-refractivity contribution in [2.24, 2.45) is 0 Å². The molecule has 0 spiro atoms. The number of fused-ring (bicyclic) bond motifs is 14. The van der Waals surface area contributed by atoms with Crippen LogP contribution in [0.1, 0.15) is 81.8 Å². The van der Waals surface area contributed by atoms with E-state index in [9.17, 15) is 0 Å². The maximum Gasteiger partial charge on any atom is 0.188 e. The van der Waals surface area contributed by atoms with Crippen LogP contribution in [0.5, 0.6) is 11.5 Å². The molecule has 0 saturated heterocycles. The van der Waals surface area contributed by atoms with E-state index in [0.29, 0.717) is 0 Å². The van der Waals surface area contributed by atoms with Crippen LogP contribution in [0.25, 0.3) is 0 Å². The molecule has 2 aliphatic carbocycles. The van der Waals surface area contributed by atoms with Gasteiger partial charge in [-0.2, -0.15) is 0 Å². The minimum absolute atomic E-state index is 0.282. The van der Waals surface area contributed by atoms with Gasteiger partial charge in [-0.3, -0.25) is 0 Å². The highest BCUT2D eigenvalue weighted by atomic mass is 16.7. The van der Waals surface area contributed by atoms with E-state index in [1.165, 1.54) is 81.8 Å². The first-order valence-electron chi connectivity index (χ1n) is 10.7. The summed E-state index contributed by atoms with van der Waals surface area (Å²) < 4.78 is 22.1. The molecule has 0 unspecified atom stereocenters. The third-order valence-corrected chi connectivity index (χ3v) is 5.30. The van der Waals surface area contributed by atoms with Crippen molar-refractivity contribution in [3.8, 4) is 11.5 Å². The van der Waals surface area contributed by atoms with Crippen LogP contribution in [0.4, 0.5) is 0 Å². The topological polar surface area (TPSA) is 36.9 Å². The van der Waals surface area contributed by atoms with Gasteiger partial charge >= 0.3 is 0 Å². The second-order valence-corrected chi connectivity index (χ2v) is 7.56. The summed E-state index contributed by atoms with van der Waals surface area (Å²) in [7, 11) is 3.33. The molecule has 27 heavy (non-hydrogen) atoms. The minimum atomic E-state index is 0.282. The lowest BCUT2D eigenvalue weighted by molar-refractivity contribution is 0.0472. The van der Waals surface area contributed by atoms with Gasteiger partial charge in [0.25, 0.3) is 0 Å². The molecule has 0 amide bonds. The number of hydrogen-bond donors (Lipinski definition) is 0. The monoisotopic (exact) mass is 378 g/mol. The van der Waals surface area contributed by atoms with E-state index in [1.807, 2.05) is 0 Å². The highest BCUT2D eigenvalue weighted by Gasteiger charge is 2.13. The molecule has 4 heteroatoms. The Hall–Kier alpha value is -1.26. The number of hydrogen-bond acceptors (Lipinski definition) is 4. The summed E-state index contributed by atoms with van der Waals surface area (Å²) in [6.07, 6.45) is 16.6. The molecule has 2 aliphatic rings. The third kappa shape index (κ3) is 8.52. The molecular formula is C23H38O4. The summed E-state index contributed by atoms with van der Waals surface area (Å²) >= 11 is 0. The first kappa shape index (κ1) is 22.0. The maximum absolute atomic E-state index is 5.89. The molecule has 2 bridgehead atoms. The Kier molecular flexibility index (Phi) is 11.3. The van der Waals surface area contributed by atoms with E-state index in [0.717, 1.165) is 24.3 Å². The van der Waals surface area contributed by atoms with Gasteiger partial charge in [-0.25, -0.2) is 0 Å². The van der Waals surface area contributed by atoms with Crippen molar-refractivity contribution in [2.45, 2.75) is 83.5 Å². The summed E-state index contributed by atoms with van der Waals surface area (Å²) in [4.78, 5) is 0. The maximum atomic E-state index is 5.89. The summed E-state index contributed by atoms with van der Waals surface area (Å²) in [5.41, 5.74) is 2.43. The second-order valence-electron chi connectivity index (χ2n) is 7.56. The van der Waals surface area contributed by atoms with E-state index in [2.05, 4.69) is 12.1 Å². The van der Waals surface area contributed by atoms with Gasteiger partial charge in [-0.15, -0.1) is 0 Å². The fourth-order valence-electron chi connectivity index (χ4n) is 3.77. The van der Waals surface area contributed by atoms with Crippen LogP contribution >= 0.6 is 0 Å². The molecule has 0 aliphatic heterocycles. The fourth-order valence-corrected chi connectivity index (χ4v) is 3.77. The lowest BCUT2D eigenvalue weighted by Gasteiger charge is -2.17. The Labute approximate surface area is 165 Å². The van der Waals surface area contributed by atoms with Crippen LogP contribution in [-0.4, -0.2) is 27.8 Å². The highest BCUT2D eigenvalue weighted by molar-refractivity contribution is 5.47. The van der Waals surface area contributed by atoms with Crippen LogP contribution in [-0.2, 0) is 22.3 Å². The Morgan fingerprint density at radius 2 is 0.889 bits per heavy atom. The van der Waals surface area contributed by atoms with Gasteiger partial charge in [0.05, 0.1) is 0 Å². The van der Waals surface area contributed by atoms with E-state index in [4.69, 9.17) is 18.9 Å². The van der Waals surface area contributed by atoms with Crippen LogP contribution < -0.4 is 9.47 Å². The molecule has 0 aromatic heterocycles. The van der Waals surface area contributed by atoms with E-state index < -0.39 is 0 Å². The van der Waals surface area contributed by atoms with Gasteiger partial charge in [-0.1, -0.05) is 57.8 Å². The van der Waals surface area contributed by atoms with Gasteiger partial charge in [0.1, 0.15) is 11.5 Å². The highest BCUT2D eigenvalue weighted by Crippen LogP contribution is 2.32. The van der Waals surface area contributed by atoms with Crippen molar-refractivity contribution in [2.75, 3.05) is 27.8 Å². The van der Waals surface area contributed by atoms with Crippen LogP contribution in [0.15, 0.2) is 12.1 Å². The van der Waals surface area contributed by atoms with E-state index in [1.54, 1.807) is 14.2 Å². The summed E-state index contributed by atoms with van der Waals surface area (Å²) in [5, 5.41) is 0. The molecule has 1 aromatic carbocycles. The summed E-state index contributed by atoms with van der Waals surface area (Å²) in [6.45, 7) is 0.565. The van der Waals surface area contributed by atoms with Crippen molar-refractivity contribution in [1.82, 2.24) is 0 Å². The molecule has 0 N–H and O–H groups in total. The molecule has 4 nitrogen and oxygen atoms in total. The second kappa shape index (κ2) is 13.8. The normalized spacial score (nSPS) is 17.4. The largest absolute Gasteiger partial charge is 0.467 e. The number of aryl methyl sites for hydroxylation is 2. The number of ether oxygens (including phenoxy) is 4. The molecule has 0 fully saturated rings. The number of methoxy groups -OCH3 is 2. The van der Waals surface area contributed by atoms with Crippen molar-refractivity contribution < 1.29 is 18.9 Å². The van der Waals surface area contributed by atoms with E-state index in [-0.39, 0.29) is 13.6 Å². The zero-order chi connectivity index (χ0) is 19.2. The Morgan fingerprint density at radius 3 is 1.22 bits per heavy atom. The molecule has 0 radical (unpaired) electrons. The molecular weight excluding hydrogens is 340 g/mol. The SMILES string of the molecule is COCOc1cc2c(OCOC)cc1CCCCCCCCCCCCC2. The Bertz CT molecular complexity index is 470. The van der Waals surface area contributed by atoms with Gasteiger partial charge in [0.15, 0.2) is 13.6 Å². The average molecular weight is 379 g/mol. The molecule has 3 rings (SSSR count). The predicted molar refractivity (Wildman–Crippen MR) is 110 cm³/mol. The minimum Gasteiger partial charge on any atom is -0.467 e. The Balaban J connectivity index is 2.16. The Morgan fingerprint density at radius 1 is 0.556 bits per heavy atom.